The van der Waals surface area contributed by atoms with Gasteiger partial charge in [-0.25, -0.2) is 14.2 Å². The van der Waals surface area contributed by atoms with Crippen LogP contribution in [-0.4, -0.2) is 32.5 Å². The summed E-state index contributed by atoms with van der Waals surface area (Å²) in [7, 11) is 0. The number of aryl methyl sites for hydroxylation is 3. The second kappa shape index (κ2) is 9.05. The molecule has 0 aliphatic carbocycles. The molecule has 0 saturated heterocycles. The van der Waals surface area contributed by atoms with Crippen molar-refractivity contribution in [3.63, 3.8) is 0 Å². The highest BCUT2D eigenvalue weighted by molar-refractivity contribution is 6.01. The third kappa shape index (κ3) is 4.03. The predicted octanol–water partition coefficient (Wildman–Crippen LogP) is 4.31. The number of hydrogen-bond donors (Lipinski definition) is 0. The summed E-state index contributed by atoms with van der Waals surface area (Å²) in [6.45, 7) is 7.00. The monoisotopic (exact) mass is 461 g/mol. The zero-order chi connectivity index (χ0) is 24.6. The van der Waals surface area contributed by atoms with E-state index in [4.69, 9.17) is 4.74 Å². The van der Waals surface area contributed by atoms with Crippen molar-refractivity contribution in [2.24, 2.45) is 0 Å². The first-order valence-corrected chi connectivity index (χ1v) is 10.9. The molecule has 0 aliphatic heterocycles. The molecule has 174 valence electrons. The predicted molar refractivity (Wildman–Crippen MR) is 126 cm³/mol. The molecule has 0 bridgehead atoms. The molecule has 34 heavy (non-hydrogen) atoms. The van der Waals surface area contributed by atoms with Crippen molar-refractivity contribution in [3.05, 3.63) is 92.9 Å². The largest absolute Gasteiger partial charge is 0.454 e. The van der Waals surface area contributed by atoms with Gasteiger partial charge in [-0.05, 0) is 64.1 Å². The Labute approximate surface area is 195 Å². The fourth-order valence-electron chi connectivity index (χ4n) is 4.16. The van der Waals surface area contributed by atoms with Gasteiger partial charge in [0.1, 0.15) is 11.5 Å². The van der Waals surface area contributed by atoms with E-state index >= 15 is 0 Å². The first-order chi connectivity index (χ1) is 16.2. The van der Waals surface area contributed by atoms with E-state index in [0.29, 0.717) is 45.9 Å². The van der Waals surface area contributed by atoms with E-state index in [2.05, 4.69) is 4.98 Å². The first kappa shape index (κ1) is 23.1. The number of para-hydroxylation sites is 1. The second-order valence-electron chi connectivity index (χ2n) is 8.02. The van der Waals surface area contributed by atoms with Gasteiger partial charge in [-0.3, -0.25) is 9.59 Å². The van der Waals surface area contributed by atoms with E-state index in [0.717, 1.165) is 0 Å². The number of fused-ring (bicyclic) bond motifs is 1. The molecule has 7 nitrogen and oxygen atoms in total. The van der Waals surface area contributed by atoms with Crippen LogP contribution in [0.5, 0.6) is 0 Å². The first-order valence-electron chi connectivity index (χ1n) is 10.9. The topological polar surface area (TPSA) is 83.2 Å². The maximum absolute atomic E-state index is 14.3. The number of ether oxygens (including phenoxy) is 1. The van der Waals surface area contributed by atoms with Crippen LogP contribution in [0.3, 0.4) is 0 Å². The van der Waals surface area contributed by atoms with Gasteiger partial charge >= 0.3 is 5.97 Å². The van der Waals surface area contributed by atoms with Crippen molar-refractivity contribution in [3.8, 4) is 5.69 Å². The summed E-state index contributed by atoms with van der Waals surface area (Å²) in [5, 5.41) is 0. The van der Waals surface area contributed by atoms with Crippen LogP contribution in [-0.2, 0) is 11.3 Å². The number of nitrogens with zero attached hydrogens (tertiary/aromatic N) is 3. The lowest BCUT2D eigenvalue weighted by atomic mass is 10.1. The zero-order valence-electron chi connectivity index (χ0n) is 19.4. The van der Waals surface area contributed by atoms with Gasteiger partial charge in [0.25, 0.3) is 5.56 Å². The normalized spacial score (nSPS) is 11.1. The fourth-order valence-corrected chi connectivity index (χ4v) is 4.16. The number of ketones is 1. The summed E-state index contributed by atoms with van der Waals surface area (Å²) >= 11 is 0. The molecular weight excluding hydrogens is 437 g/mol. The number of carbonyl (C=O) groups excluding carboxylic acids is 2. The molecule has 2 aromatic carbocycles. The van der Waals surface area contributed by atoms with Crippen LogP contribution in [0.25, 0.3) is 16.7 Å². The van der Waals surface area contributed by atoms with E-state index in [1.54, 1.807) is 72.4 Å². The zero-order valence-corrected chi connectivity index (χ0v) is 19.4. The van der Waals surface area contributed by atoms with Crippen molar-refractivity contribution in [2.75, 3.05) is 6.61 Å². The average molecular weight is 461 g/mol. The van der Waals surface area contributed by atoms with Gasteiger partial charge < -0.3 is 13.9 Å². The summed E-state index contributed by atoms with van der Waals surface area (Å²) in [5.74, 6) is -1.46. The molecule has 0 fully saturated rings. The van der Waals surface area contributed by atoms with Crippen molar-refractivity contribution in [2.45, 2.75) is 34.2 Å². The maximum Gasteiger partial charge on any atom is 0.338 e. The molecule has 0 saturated carbocycles. The van der Waals surface area contributed by atoms with Crippen LogP contribution >= 0.6 is 0 Å². The van der Waals surface area contributed by atoms with Gasteiger partial charge in [-0.15, -0.1) is 0 Å². The van der Waals surface area contributed by atoms with Gasteiger partial charge in [-0.1, -0.05) is 12.1 Å². The number of hydrogen-bond acceptors (Lipinski definition) is 5. The number of halogens is 1. The Hall–Kier alpha value is -4.07. The molecule has 0 atom stereocenters. The van der Waals surface area contributed by atoms with Crippen LogP contribution in [0.15, 0.2) is 53.3 Å². The van der Waals surface area contributed by atoms with Crippen molar-refractivity contribution < 1.29 is 18.7 Å². The van der Waals surface area contributed by atoms with Gasteiger partial charge in [0.15, 0.2) is 6.61 Å². The molecule has 0 N–H and O–H groups in total. The molecule has 2 aromatic heterocycles. The summed E-state index contributed by atoms with van der Waals surface area (Å²) < 4.78 is 22.8. The van der Waals surface area contributed by atoms with Gasteiger partial charge in [-0.2, -0.15) is 0 Å². The van der Waals surface area contributed by atoms with E-state index < -0.39 is 24.2 Å². The Kier molecular flexibility index (Phi) is 6.15. The lowest BCUT2D eigenvalue weighted by molar-refractivity contribution is 0.0474. The maximum atomic E-state index is 14.3. The SMILES string of the molecule is CCn1c(=O)c(C)nc2cc(C(=O)OCC(=O)c3cc(C)n(-c4ccccc4F)c3C)ccc21. The fraction of sp³-hybridized carbons (Fsp3) is 0.231. The Morgan fingerprint density at radius 3 is 2.50 bits per heavy atom. The molecule has 0 spiro atoms. The second-order valence-corrected chi connectivity index (χ2v) is 8.02. The number of rotatable bonds is 6. The van der Waals surface area contributed by atoms with Crippen LogP contribution in [0.4, 0.5) is 4.39 Å². The van der Waals surface area contributed by atoms with Crippen LogP contribution < -0.4 is 5.56 Å². The number of aromatic nitrogens is 3. The lowest BCUT2D eigenvalue weighted by Gasteiger charge is -2.11. The summed E-state index contributed by atoms with van der Waals surface area (Å²) in [6.07, 6.45) is 0. The number of esters is 1. The Bertz CT molecular complexity index is 1500. The van der Waals surface area contributed by atoms with Crippen LogP contribution in [0.1, 0.15) is 44.7 Å². The van der Waals surface area contributed by atoms with Gasteiger partial charge in [0, 0.05) is 23.5 Å². The van der Waals surface area contributed by atoms with Crippen LogP contribution in [0.2, 0.25) is 0 Å². The van der Waals surface area contributed by atoms with Gasteiger partial charge in [0.2, 0.25) is 5.78 Å². The minimum Gasteiger partial charge on any atom is -0.454 e. The standard InChI is InChI=1S/C26H24FN3O4/c1-5-29-23-11-10-18(13-21(23)28-16(3)25(29)32)26(33)34-14-24(31)19-12-15(2)30(17(19)4)22-9-7-6-8-20(22)27/h6-13H,5,14H2,1-4H3. The Balaban J connectivity index is 1.55. The number of benzene rings is 2. The van der Waals surface area contributed by atoms with E-state index in [1.807, 2.05) is 6.92 Å². The molecule has 4 aromatic rings. The van der Waals surface area contributed by atoms with E-state index in [1.165, 1.54) is 6.07 Å². The summed E-state index contributed by atoms with van der Waals surface area (Å²) in [4.78, 5) is 42.0. The van der Waals surface area contributed by atoms with Crippen molar-refractivity contribution in [1.82, 2.24) is 14.1 Å². The highest BCUT2D eigenvalue weighted by atomic mass is 19.1. The van der Waals surface area contributed by atoms with Crippen molar-refractivity contribution in [1.29, 1.82) is 0 Å². The van der Waals surface area contributed by atoms with E-state index in [9.17, 15) is 18.8 Å². The lowest BCUT2D eigenvalue weighted by Crippen LogP contribution is -2.23. The number of Topliss-reactive ketones (excluding diaryl/α,β-unsaturated/α-hetero) is 1. The summed E-state index contributed by atoms with van der Waals surface area (Å²) in [6, 6.07) is 12.7. The third-order valence-electron chi connectivity index (χ3n) is 5.82. The molecule has 4 rings (SSSR count). The molecule has 0 amide bonds. The highest BCUT2D eigenvalue weighted by Crippen LogP contribution is 2.23. The summed E-state index contributed by atoms with van der Waals surface area (Å²) in [5.41, 5.74) is 3.45. The highest BCUT2D eigenvalue weighted by Gasteiger charge is 2.20. The van der Waals surface area contributed by atoms with Crippen molar-refractivity contribution >= 4 is 22.8 Å². The smallest absolute Gasteiger partial charge is 0.338 e. The Morgan fingerprint density at radius 1 is 1.06 bits per heavy atom. The number of carbonyl (C=O) groups is 2. The Morgan fingerprint density at radius 2 is 1.79 bits per heavy atom. The molecular formula is C26H24FN3O4. The van der Waals surface area contributed by atoms with Crippen LogP contribution in [0, 0.1) is 26.6 Å². The molecule has 0 radical (unpaired) electrons. The average Bonchev–Trinajstić information content (AvgIpc) is 3.12. The quantitative estimate of drug-likeness (QED) is 0.316. The molecule has 8 heteroatoms. The molecule has 2 heterocycles. The molecule has 0 unspecified atom stereocenters. The minimum atomic E-state index is -0.674. The third-order valence-corrected chi connectivity index (χ3v) is 5.82. The minimum absolute atomic E-state index is 0.177. The van der Waals surface area contributed by atoms with Gasteiger partial charge in [0.05, 0.1) is 22.3 Å². The molecule has 0 aliphatic rings. The van der Waals surface area contributed by atoms with E-state index in [-0.39, 0.29) is 11.1 Å².